The van der Waals surface area contributed by atoms with Crippen molar-refractivity contribution in [3.8, 4) is 28.8 Å². The van der Waals surface area contributed by atoms with E-state index in [1.807, 2.05) is 18.2 Å². The van der Waals surface area contributed by atoms with Crippen molar-refractivity contribution in [1.29, 1.82) is 0 Å². The highest BCUT2D eigenvalue weighted by Crippen LogP contribution is 2.36. The van der Waals surface area contributed by atoms with Crippen LogP contribution in [0, 0.1) is 0 Å². The Morgan fingerprint density at radius 1 is 1.16 bits per heavy atom. The van der Waals surface area contributed by atoms with E-state index in [9.17, 15) is 14.7 Å². The van der Waals surface area contributed by atoms with E-state index in [1.54, 1.807) is 24.3 Å². The lowest BCUT2D eigenvalue weighted by molar-refractivity contribution is 0.174. The van der Waals surface area contributed by atoms with Crippen LogP contribution in [-0.2, 0) is 0 Å². The molecule has 0 saturated heterocycles. The fourth-order valence-electron chi connectivity index (χ4n) is 3.74. The van der Waals surface area contributed by atoms with Crippen molar-refractivity contribution in [1.82, 2.24) is 15.0 Å². The lowest BCUT2D eigenvalue weighted by Crippen LogP contribution is -2.33. The zero-order valence-electron chi connectivity index (χ0n) is 16.4. The van der Waals surface area contributed by atoms with Crippen molar-refractivity contribution >= 4 is 5.71 Å². The molecule has 5 rings (SSSR count). The third-order valence-electron chi connectivity index (χ3n) is 5.25. The molecule has 0 radical (unpaired) electrons. The maximum Gasteiger partial charge on any atom is 0.335 e. The largest absolute Gasteiger partial charge is 0.495 e. The second-order valence-corrected chi connectivity index (χ2v) is 7.02. The maximum absolute atomic E-state index is 12.6. The number of rotatable bonds is 4. The first kappa shape index (κ1) is 18.8. The molecular weight excluding hydrogens is 404 g/mol. The molecule has 0 saturated carbocycles. The molecule has 0 bridgehead atoms. The Kier molecular flexibility index (Phi) is 4.39. The number of benzene rings is 2. The Hall–Kier alpha value is -4.21. The van der Waals surface area contributed by atoms with Gasteiger partial charge in [-0.1, -0.05) is 18.2 Å². The number of H-pyrrole nitrogens is 1. The highest BCUT2D eigenvalue weighted by atomic mass is 16.7. The topological polar surface area (TPSA) is 127 Å². The molecule has 0 amide bonds. The Bertz CT molecular complexity index is 1330. The molecule has 3 heterocycles. The van der Waals surface area contributed by atoms with Crippen molar-refractivity contribution < 1.29 is 19.3 Å². The summed E-state index contributed by atoms with van der Waals surface area (Å²) in [5.74, 6) is 1.16. The third-order valence-corrected chi connectivity index (χ3v) is 5.25. The summed E-state index contributed by atoms with van der Waals surface area (Å²) >= 11 is 0. The summed E-state index contributed by atoms with van der Waals surface area (Å²) in [7, 11) is 1.45. The predicted molar refractivity (Wildman–Crippen MR) is 110 cm³/mol. The van der Waals surface area contributed by atoms with Gasteiger partial charge >= 0.3 is 5.69 Å². The van der Waals surface area contributed by atoms with E-state index in [0.29, 0.717) is 35.1 Å². The van der Waals surface area contributed by atoms with Gasteiger partial charge in [-0.3, -0.25) is 9.78 Å². The molecule has 0 aliphatic carbocycles. The molecule has 3 N–H and O–H groups in total. The van der Waals surface area contributed by atoms with Crippen molar-refractivity contribution in [2.45, 2.75) is 12.5 Å². The van der Waals surface area contributed by atoms with Crippen LogP contribution in [0.25, 0.3) is 5.69 Å². The van der Waals surface area contributed by atoms with Crippen LogP contribution in [0.5, 0.6) is 23.1 Å². The summed E-state index contributed by atoms with van der Waals surface area (Å²) in [6.07, 6.45) is 0.320. The van der Waals surface area contributed by atoms with Gasteiger partial charge in [-0.25, -0.2) is 9.36 Å². The van der Waals surface area contributed by atoms with E-state index in [2.05, 4.69) is 15.5 Å². The van der Waals surface area contributed by atoms with Gasteiger partial charge in [-0.05, 0) is 29.8 Å². The van der Waals surface area contributed by atoms with Gasteiger partial charge in [0.2, 0.25) is 12.7 Å². The quantitative estimate of drug-likeness (QED) is 0.580. The van der Waals surface area contributed by atoms with Crippen LogP contribution < -0.4 is 30.9 Å². The summed E-state index contributed by atoms with van der Waals surface area (Å²) in [5.41, 5.74) is 2.90. The number of ether oxygens (including phenoxy) is 3. The molecule has 3 aromatic rings. The van der Waals surface area contributed by atoms with Gasteiger partial charge in [0, 0.05) is 6.42 Å². The number of methoxy groups -OCH3 is 1. The van der Waals surface area contributed by atoms with Crippen LogP contribution in [0.3, 0.4) is 0 Å². The molecule has 1 atom stereocenters. The van der Waals surface area contributed by atoms with E-state index >= 15 is 0 Å². The molecule has 1 aromatic heterocycles. The summed E-state index contributed by atoms with van der Waals surface area (Å²) < 4.78 is 17.0. The average Bonchev–Trinajstić information content (AvgIpc) is 3.43. The smallest absolute Gasteiger partial charge is 0.335 e. The number of aromatic amines is 1. The zero-order valence-corrected chi connectivity index (χ0v) is 16.4. The van der Waals surface area contributed by atoms with E-state index < -0.39 is 17.1 Å². The van der Waals surface area contributed by atoms with Crippen LogP contribution in [0.2, 0.25) is 0 Å². The second-order valence-electron chi connectivity index (χ2n) is 7.02. The van der Waals surface area contributed by atoms with Crippen molar-refractivity contribution in [2.75, 3.05) is 13.9 Å². The predicted octanol–water partition coefficient (Wildman–Crippen LogP) is 1.41. The summed E-state index contributed by atoms with van der Waals surface area (Å²) in [4.78, 5) is 27.3. The normalized spacial score (nSPS) is 16.7. The Morgan fingerprint density at radius 3 is 2.81 bits per heavy atom. The summed E-state index contributed by atoms with van der Waals surface area (Å²) in [6, 6.07) is 12.0. The molecule has 31 heavy (non-hydrogen) atoms. The van der Waals surface area contributed by atoms with Gasteiger partial charge in [-0.2, -0.15) is 5.10 Å². The number of hydrogen-bond donors (Lipinski definition) is 3. The van der Waals surface area contributed by atoms with Crippen molar-refractivity contribution in [3.05, 3.63) is 74.4 Å². The van der Waals surface area contributed by atoms with Gasteiger partial charge in [0.25, 0.3) is 5.56 Å². The minimum absolute atomic E-state index is 0.0822. The molecule has 2 aliphatic rings. The molecule has 0 unspecified atom stereocenters. The fraction of sp³-hybridized carbons (Fsp3) is 0.190. The van der Waals surface area contributed by atoms with Crippen LogP contribution in [0.4, 0.5) is 0 Å². The van der Waals surface area contributed by atoms with Crippen LogP contribution in [0.1, 0.15) is 23.6 Å². The Balaban J connectivity index is 1.53. The first-order chi connectivity index (χ1) is 15.1. The van der Waals surface area contributed by atoms with E-state index in [-0.39, 0.29) is 18.4 Å². The standard InChI is InChI=1S/C21H18N4O6/c1-29-15-5-3-2-4-14(15)25-20(27)18(19(26)22-21(25)28)13-9-12(23-24-13)11-6-7-16-17(8-11)31-10-30-16/h2-8,12,23,27H,9-10H2,1H3,(H,22,26,28)/t12-/m1/s1. The first-order valence-electron chi connectivity index (χ1n) is 9.50. The average molecular weight is 422 g/mol. The Morgan fingerprint density at radius 2 is 1.97 bits per heavy atom. The van der Waals surface area contributed by atoms with Crippen LogP contribution >= 0.6 is 0 Å². The molecule has 0 fully saturated rings. The van der Waals surface area contributed by atoms with Crippen LogP contribution in [-0.4, -0.2) is 34.3 Å². The van der Waals surface area contributed by atoms with Crippen LogP contribution in [0.15, 0.2) is 57.2 Å². The monoisotopic (exact) mass is 422 g/mol. The van der Waals surface area contributed by atoms with Crippen molar-refractivity contribution in [2.24, 2.45) is 5.10 Å². The number of nitrogens with one attached hydrogen (secondary N) is 2. The van der Waals surface area contributed by atoms with Gasteiger partial charge in [0.05, 0.1) is 24.6 Å². The molecule has 2 aromatic carbocycles. The van der Waals surface area contributed by atoms with Gasteiger partial charge in [0.15, 0.2) is 11.5 Å². The first-order valence-corrected chi connectivity index (χ1v) is 9.50. The van der Waals surface area contributed by atoms with E-state index in [0.717, 1.165) is 10.1 Å². The lowest BCUT2D eigenvalue weighted by atomic mass is 9.99. The zero-order chi connectivity index (χ0) is 21.5. The highest BCUT2D eigenvalue weighted by molar-refractivity contribution is 6.03. The molecule has 158 valence electrons. The Labute approximate surface area is 175 Å². The second kappa shape index (κ2) is 7.24. The minimum atomic E-state index is -0.783. The van der Waals surface area contributed by atoms with Crippen molar-refractivity contribution in [3.63, 3.8) is 0 Å². The minimum Gasteiger partial charge on any atom is -0.495 e. The fourth-order valence-corrected chi connectivity index (χ4v) is 3.74. The molecule has 2 aliphatic heterocycles. The maximum atomic E-state index is 12.6. The number of hydrogen-bond acceptors (Lipinski definition) is 8. The number of aromatic hydroxyl groups is 1. The molecule has 0 spiro atoms. The highest BCUT2D eigenvalue weighted by Gasteiger charge is 2.29. The third kappa shape index (κ3) is 3.08. The number of fused-ring (bicyclic) bond motifs is 1. The van der Waals surface area contributed by atoms with Gasteiger partial charge < -0.3 is 24.7 Å². The number of aromatic nitrogens is 2. The number of hydrazone groups is 1. The number of para-hydroxylation sites is 2. The van der Waals surface area contributed by atoms with E-state index in [4.69, 9.17) is 14.2 Å². The van der Waals surface area contributed by atoms with E-state index in [1.165, 1.54) is 7.11 Å². The van der Waals surface area contributed by atoms with Gasteiger partial charge in [0.1, 0.15) is 11.3 Å². The summed E-state index contributed by atoms with van der Waals surface area (Å²) in [6.45, 7) is 0.173. The lowest BCUT2D eigenvalue weighted by Gasteiger charge is -2.14. The molecule has 10 heteroatoms. The molecule has 10 nitrogen and oxygen atoms in total. The summed E-state index contributed by atoms with van der Waals surface area (Å²) in [5, 5.41) is 15.2. The SMILES string of the molecule is COc1ccccc1-n1c(O)c(C2=NN[C@@H](c3ccc4c(c3)OCO4)C2)c(=O)[nH]c1=O. The van der Waals surface area contributed by atoms with Gasteiger partial charge in [-0.15, -0.1) is 0 Å². The number of nitrogens with zero attached hydrogens (tertiary/aromatic N) is 2. The molecular formula is C21H18N4O6.